The molecule has 0 bridgehead atoms. The van der Waals surface area contributed by atoms with E-state index in [0.717, 1.165) is 18.4 Å². The third-order valence-corrected chi connectivity index (χ3v) is 6.67. The molecule has 1 aromatic carbocycles. The highest BCUT2D eigenvalue weighted by Gasteiger charge is 2.31. The molecule has 7 nitrogen and oxygen atoms in total. The highest BCUT2D eigenvalue weighted by atomic mass is 16.3. The lowest BCUT2D eigenvalue weighted by atomic mass is 9.81. The van der Waals surface area contributed by atoms with Crippen LogP contribution in [-0.2, 0) is 4.79 Å². The molecule has 0 saturated heterocycles. The highest BCUT2D eigenvalue weighted by molar-refractivity contribution is 5.94. The minimum absolute atomic E-state index is 0.0640. The van der Waals surface area contributed by atoms with Gasteiger partial charge in [-0.1, -0.05) is 58.1 Å². The number of amides is 2. The molecule has 1 aromatic heterocycles. The van der Waals surface area contributed by atoms with Gasteiger partial charge in [0.1, 0.15) is 5.69 Å². The average Bonchev–Trinajstić information content (AvgIpc) is 2.82. The lowest BCUT2D eigenvalue weighted by Gasteiger charge is -2.31. The first-order chi connectivity index (χ1) is 15.9. The monoisotopic (exact) mass is 454 g/mol. The van der Waals surface area contributed by atoms with E-state index in [0.29, 0.717) is 36.6 Å². The van der Waals surface area contributed by atoms with Crippen LogP contribution in [0.2, 0.25) is 0 Å². The SMILES string of the molecule is CNC(=O)[C@H](CC(C)C)C[C@H](O)[C@H](CC1CCCCC1)NC(=O)c1cnc2ccccc2n1. The number of benzene rings is 1. The zero-order valence-electron chi connectivity index (χ0n) is 20.1. The van der Waals surface area contributed by atoms with Crippen LogP contribution in [-0.4, -0.2) is 46.1 Å². The van der Waals surface area contributed by atoms with E-state index in [1.807, 2.05) is 24.3 Å². The van der Waals surface area contributed by atoms with Crippen molar-refractivity contribution in [1.29, 1.82) is 0 Å². The number of nitrogens with one attached hydrogen (secondary N) is 2. The minimum Gasteiger partial charge on any atom is -0.391 e. The van der Waals surface area contributed by atoms with E-state index in [2.05, 4.69) is 34.4 Å². The Labute approximate surface area is 196 Å². The number of aliphatic hydroxyl groups excluding tert-OH is 1. The Morgan fingerprint density at radius 2 is 1.79 bits per heavy atom. The smallest absolute Gasteiger partial charge is 0.271 e. The van der Waals surface area contributed by atoms with Gasteiger partial charge in [-0.05, 0) is 43.2 Å². The van der Waals surface area contributed by atoms with Gasteiger partial charge in [-0.15, -0.1) is 0 Å². The molecule has 0 radical (unpaired) electrons. The summed E-state index contributed by atoms with van der Waals surface area (Å²) in [6.45, 7) is 4.14. The molecule has 1 aliphatic carbocycles. The molecule has 1 saturated carbocycles. The Bertz CT molecular complexity index is 927. The van der Waals surface area contributed by atoms with Crippen molar-refractivity contribution in [2.75, 3.05) is 7.05 Å². The number of hydrogen-bond acceptors (Lipinski definition) is 5. The molecule has 0 spiro atoms. The normalized spacial score (nSPS) is 17.5. The summed E-state index contributed by atoms with van der Waals surface area (Å²) in [5, 5.41) is 17.0. The Hall–Kier alpha value is -2.54. The lowest BCUT2D eigenvalue weighted by molar-refractivity contribution is -0.126. The van der Waals surface area contributed by atoms with Crippen LogP contribution < -0.4 is 10.6 Å². The van der Waals surface area contributed by atoms with E-state index in [9.17, 15) is 14.7 Å². The van der Waals surface area contributed by atoms with Gasteiger partial charge in [0.05, 0.1) is 29.4 Å². The number of hydrogen-bond donors (Lipinski definition) is 3. The minimum atomic E-state index is -0.814. The van der Waals surface area contributed by atoms with Gasteiger partial charge >= 0.3 is 0 Å². The maximum Gasteiger partial charge on any atom is 0.271 e. The molecule has 1 heterocycles. The summed E-state index contributed by atoms with van der Waals surface area (Å²) in [6, 6.07) is 6.99. The second-order valence-electron chi connectivity index (χ2n) is 9.81. The fraction of sp³-hybridized carbons (Fsp3) is 0.615. The Morgan fingerprint density at radius 1 is 1.09 bits per heavy atom. The fourth-order valence-corrected chi connectivity index (χ4v) is 4.94. The maximum atomic E-state index is 13.1. The first-order valence-electron chi connectivity index (χ1n) is 12.3. The van der Waals surface area contributed by atoms with Crippen molar-refractivity contribution in [3.05, 3.63) is 36.2 Å². The van der Waals surface area contributed by atoms with Crippen LogP contribution in [0.15, 0.2) is 30.5 Å². The Morgan fingerprint density at radius 3 is 2.45 bits per heavy atom. The number of nitrogens with zero attached hydrogens (tertiary/aromatic N) is 2. The largest absolute Gasteiger partial charge is 0.391 e. The number of para-hydroxylation sites is 2. The van der Waals surface area contributed by atoms with E-state index in [1.165, 1.54) is 25.5 Å². The number of fused-ring (bicyclic) bond motifs is 1. The topological polar surface area (TPSA) is 104 Å². The quantitative estimate of drug-likeness (QED) is 0.506. The van der Waals surface area contributed by atoms with Crippen LogP contribution in [0.25, 0.3) is 11.0 Å². The van der Waals surface area contributed by atoms with E-state index in [4.69, 9.17) is 0 Å². The Balaban J connectivity index is 1.76. The Kier molecular flexibility index (Phi) is 9.18. The standard InChI is InChI=1S/C26H38N4O3/c1-17(2)13-19(25(32)27-3)15-24(31)22(14-18-9-5-4-6-10-18)30-26(33)23-16-28-20-11-7-8-12-21(20)29-23/h7-8,11-12,16-19,22,24,31H,4-6,9-10,13-15H2,1-3H3,(H,27,32)(H,30,33)/t19-,22+,24+/m1/s1. The first-order valence-corrected chi connectivity index (χ1v) is 12.3. The van der Waals surface area contributed by atoms with Gasteiger partial charge in [0.2, 0.25) is 5.91 Å². The van der Waals surface area contributed by atoms with Crippen molar-refractivity contribution in [3.8, 4) is 0 Å². The third-order valence-electron chi connectivity index (χ3n) is 6.67. The number of aromatic nitrogens is 2. The summed E-state index contributed by atoms with van der Waals surface area (Å²) in [5.41, 5.74) is 1.63. The molecule has 3 atom stereocenters. The van der Waals surface area contributed by atoms with Crippen molar-refractivity contribution >= 4 is 22.8 Å². The second-order valence-corrected chi connectivity index (χ2v) is 9.81. The summed E-state index contributed by atoms with van der Waals surface area (Å²) >= 11 is 0. The van der Waals surface area contributed by atoms with Crippen molar-refractivity contribution in [3.63, 3.8) is 0 Å². The van der Waals surface area contributed by atoms with Crippen LogP contribution >= 0.6 is 0 Å². The summed E-state index contributed by atoms with van der Waals surface area (Å²) in [5.74, 6) is 0.0965. The van der Waals surface area contributed by atoms with Crippen molar-refractivity contribution < 1.29 is 14.7 Å². The van der Waals surface area contributed by atoms with Crippen LogP contribution in [0.4, 0.5) is 0 Å². The molecule has 33 heavy (non-hydrogen) atoms. The maximum absolute atomic E-state index is 13.1. The lowest BCUT2D eigenvalue weighted by Crippen LogP contribution is -2.46. The molecular weight excluding hydrogens is 416 g/mol. The van der Waals surface area contributed by atoms with E-state index in [1.54, 1.807) is 7.05 Å². The van der Waals surface area contributed by atoms with Crippen LogP contribution in [0.1, 0.15) is 75.7 Å². The van der Waals surface area contributed by atoms with Crippen LogP contribution in [0.3, 0.4) is 0 Å². The number of carbonyl (C=O) groups is 2. The van der Waals surface area contributed by atoms with Gasteiger partial charge in [0.15, 0.2) is 0 Å². The average molecular weight is 455 g/mol. The van der Waals surface area contributed by atoms with Gasteiger partial charge in [-0.2, -0.15) is 0 Å². The molecule has 3 rings (SSSR count). The molecule has 7 heteroatoms. The van der Waals surface area contributed by atoms with E-state index < -0.39 is 12.1 Å². The molecule has 0 aliphatic heterocycles. The van der Waals surface area contributed by atoms with Crippen molar-refractivity contribution in [2.45, 2.75) is 77.4 Å². The predicted octanol–water partition coefficient (Wildman–Crippen LogP) is 3.86. The predicted molar refractivity (Wildman–Crippen MR) is 130 cm³/mol. The molecular formula is C26H38N4O3. The number of aliphatic hydroxyl groups is 1. The van der Waals surface area contributed by atoms with E-state index in [-0.39, 0.29) is 23.4 Å². The van der Waals surface area contributed by atoms with Crippen LogP contribution in [0, 0.1) is 17.8 Å². The van der Waals surface area contributed by atoms with Gasteiger partial charge < -0.3 is 15.7 Å². The molecule has 0 unspecified atom stereocenters. The zero-order valence-corrected chi connectivity index (χ0v) is 20.1. The summed E-state index contributed by atoms with van der Waals surface area (Å²) in [7, 11) is 1.63. The first kappa shape index (κ1) is 25.1. The van der Waals surface area contributed by atoms with Gasteiger partial charge in [-0.3, -0.25) is 14.6 Å². The third kappa shape index (κ3) is 7.22. The van der Waals surface area contributed by atoms with Crippen molar-refractivity contribution in [2.24, 2.45) is 17.8 Å². The number of rotatable bonds is 10. The van der Waals surface area contributed by atoms with Gasteiger partial charge in [-0.25, -0.2) is 4.98 Å². The molecule has 2 aromatic rings. The zero-order chi connectivity index (χ0) is 23.8. The molecule has 3 N–H and O–H groups in total. The van der Waals surface area contributed by atoms with E-state index >= 15 is 0 Å². The summed E-state index contributed by atoms with van der Waals surface area (Å²) in [4.78, 5) is 34.3. The summed E-state index contributed by atoms with van der Waals surface area (Å²) in [6.07, 6.45) is 8.22. The number of carbonyl (C=O) groups excluding carboxylic acids is 2. The second kappa shape index (κ2) is 12.1. The molecule has 180 valence electrons. The summed E-state index contributed by atoms with van der Waals surface area (Å²) < 4.78 is 0. The molecule has 2 amide bonds. The van der Waals surface area contributed by atoms with Crippen LogP contribution in [0.5, 0.6) is 0 Å². The van der Waals surface area contributed by atoms with Gasteiger partial charge in [0, 0.05) is 13.0 Å². The molecule has 1 aliphatic rings. The highest BCUT2D eigenvalue weighted by Crippen LogP contribution is 2.29. The van der Waals surface area contributed by atoms with Gasteiger partial charge in [0.25, 0.3) is 5.91 Å². The molecule has 1 fully saturated rings. The fourth-order valence-electron chi connectivity index (χ4n) is 4.94. The van der Waals surface area contributed by atoms with Crippen molar-refractivity contribution in [1.82, 2.24) is 20.6 Å².